The predicted molar refractivity (Wildman–Crippen MR) is 69.3 cm³/mol. The van der Waals surface area contributed by atoms with Gasteiger partial charge in [0.05, 0.1) is 12.8 Å². The van der Waals surface area contributed by atoms with E-state index in [9.17, 15) is 0 Å². The van der Waals surface area contributed by atoms with Gasteiger partial charge in [-0.2, -0.15) is 0 Å². The molecule has 0 saturated carbocycles. The topological polar surface area (TPSA) is 34.1 Å². The fourth-order valence-corrected chi connectivity index (χ4v) is 1.69. The number of pyridine rings is 1. The molecule has 0 saturated heterocycles. The summed E-state index contributed by atoms with van der Waals surface area (Å²) >= 11 is 0. The molecule has 1 aromatic heterocycles. The maximum atomic E-state index is 5.19. The van der Waals surface area contributed by atoms with Crippen LogP contribution in [-0.2, 0) is 6.54 Å². The monoisotopic (exact) mass is 228 g/mol. The molecule has 0 spiro atoms. The number of hydrogen-bond acceptors (Lipinski definition) is 3. The molecule has 1 heterocycles. The Balaban J connectivity index is 2.10. The lowest BCUT2D eigenvalue weighted by Gasteiger charge is -2.11. The predicted octanol–water partition coefficient (Wildman–Crippen LogP) is 3.01. The molecular formula is C14H16N2O. The van der Waals surface area contributed by atoms with Crippen molar-refractivity contribution in [2.45, 2.75) is 13.5 Å². The summed E-state index contributed by atoms with van der Waals surface area (Å²) in [5, 5.41) is 3.33. The number of hydrogen-bond donors (Lipinski definition) is 1. The third-order valence-corrected chi connectivity index (χ3v) is 2.70. The Kier molecular flexibility index (Phi) is 3.60. The van der Waals surface area contributed by atoms with Crippen LogP contribution in [0, 0.1) is 6.92 Å². The second kappa shape index (κ2) is 5.34. The minimum Gasteiger partial charge on any atom is -0.480 e. The van der Waals surface area contributed by atoms with Gasteiger partial charge in [-0.3, -0.25) is 0 Å². The Hall–Kier alpha value is -2.03. The molecule has 0 aliphatic rings. The van der Waals surface area contributed by atoms with Gasteiger partial charge in [0, 0.05) is 12.7 Å². The molecule has 2 aromatic rings. The number of rotatable bonds is 4. The van der Waals surface area contributed by atoms with Gasteiger partial charge in [-0.25, -0.2) is 4.98 Å². The van der Waals surface area contributed by atoms with Gasteiger partial charge in [0.1, 0.15) is 0 Å². The van der Waals surface area contributed by atoms with E-state index in [1.54, 1.807) is 13.3 Å². The number of ether oxygens (including phenoxy) is 1. The van der Waals surface area contributed by atoms with Crippen LogP contribution in [0.25, 0.3) is 0 Å². The molecule has 0 aliphatic carbocycles. The SMILES string of the molecule is COc1ncccc1NCc1ccccc1C. The van der Waals surface area contributed by atoms with E-state index < -0.39 is 0 Å². The van der Waals surface area contributed by atoms with E-state index >= 15 is 0 Å². The Morgan fingerprint density at radius 2 is 2.00 bits per heavy atom. The third kappa shape index (κ3) is 2.75. The summed E-state index contributed by atoms with van der Waals surface area (Å²) in [5.74, 6) is 0.626. The van der Waals surface area contributed by atoms with E-state index in [2.05, 4.69) is 29.4 Å². The molecule has 2 rings (SSSR count). The summed E-state index contributed by atoms with van der Waals surface area (Å²) in [4.78, 5) is 4.15. The molecule has 17 heavy (non-hydrogen) atoms. The number of aryl methyl sites for hydroxylation is 1. The van der Waals surface area contributed by atoms with Gasteiger partial charge in [-0.05, 0) is 30.2 Å². The molecule has 0 fully saturated rings. The second-order valence-corrected chi connectivity index (χ2v) is 3.84. The molecule has 0 radical (unpaired) electrons. The van der Waals surface area contributed by atoms with E-state index in [0.29, 0.717) is 5.88 Å². The van der Waals surface area contributed by atoms with Crippen LogP contribution in [0.4, 0.5) is 5.69 Å². The van der Waals surface area contributed by atoms with Crippen LogP contribution in [0.3, 0.4) is 0 Å². The largest absolute Gasteiger partial charge is 0.480 e. The summed E-state index contributed by atoms with van der Waals surface area (Å²) in [6.07, 6.45) is 1.72. The van der Waals surface area contributed by atoms with Crippen molar-refractivity contribution in [3.63, 3.8) is 0 Å². The molecule has 3 nitrogen and oxygen atoms in total. The first kappa shape index (κ1) is 11.5. The molecule has 0 atom stereocenters. The van der Waals surface area contributed by atoms with Crippen molar-refractivity contribution in [2.75, 3.05) is 12.4 Å². The average Bonchev–Trinajstić information content (AvgIpc) is 2.38. The summed E-state index contributed by atoms with van der Waals surface area (Å²) in [6, 6.07) is 12.2. The van der Waals surface area contributed by atoms with Gasteiger partial charge in [-0.15, -0.1) is 0 Å². The van der Waals surface area contributed by atoms with Gasteiger partial charge < -0.3 is 10.1 Å². The molecule has 88 valence electrons. The molecular weight excluding hydrogens is 212 g/mol. The van der Waals surface area contributed by atoms with Crippen molar-refractivity contribution in [3.05, 3.63) is 53.7 Å². The highest BCUT2D eigenvalue weighted by molar-refractivity contribution is 5.52. The number of benzene rings is 1. The normalized spacial score (nSPS) is 10.0. The summed E-state index contributed by atoms with van der Waals surface area (Å²) in [5.41, 5.74) is 3.47. The smallest absolute Gasteiger partial charge is 0.237 e. The van der Waals surface area contributed by atoms with E-state index in [-0.39, 0.29) is 0 Å². The Morgan fingerprint density at radius 1 is 1.18 bits per heavy atom. The number of anilines is 1. The maximum Gasteiger partial charge on any atom is 0.237 e. The van der Waals surface area contributed by atoms with Crippen molar-refractivity contribution in [1.29, 1.82) is 0 Å². The van der Waals surface area contributed by atoms with E-state index in [1.165, 1.54) is 11.1 Å². The number of methoxy groups -OCH3 is 1. The standard InChI is InChI=1S/C14H16N2O/c1-11-6-3-4-7-12(11)10-16-13-8-5-9-15-14(13)17-2/h3-9,16H,10H2,1-2H3. The molecule has 0 unspecified atom stereocenters. The van der Waals surface area contributed by atoms with Crippen molar-refractivity contribution in [3.8, 4) is 5.88 Å². The van der Waals surface area contributed by atoms with E-state index in [4.69, 9.17) is 4.74 Å². The van der Waals surface area contributed by atoms with E-state index in [1.807, 2.05) is 24.3 Å². The van der Waals surface area contributed by atoms with Gasteiger partial charge in [0.2, 0.25) is 5.88 Å². The average molecular weight is 228 g/mol. The third-order valence-electron chi connectivity index (χ3n) is 2.70. The van der Waals surface area contributed by atoms with Crippen LogP contribution in [0.2, 0.25) is 0 Å². The lowest BCUT2D eigenvalue weighted by molar-refractivity contribution is 0.399. The summed E-state index contributed by atoms with van der Waals surface area (Å²) < 4.78 is 5.19. The quantitative estimate of drug-likeness (QED) is 0.873. The van der Waals surface area contributed by atoms with E-state index in [0.717, 1.165) is 12.2 Å². The Morgan fingerprint density at radius 3 is 2.76 bits per heavy atom. The molecule has 3 heteroatoms. The maximum absolute atomic E-state index is 5.19. The molecule has 1 aromatic carbocycles. The minimum atomic E-state index is 0.626. The summed E-state index contributed by atoms with van der Waals surface area (Å²) in [6.45, 7) is 2.88. The van der Waals surface area contributed by atoms with Crippen molar-refractivity contribution >= 4 is 5.69 Å². The highest BCUT2D eigenvalue weighted by Crippen LogP contribution is 2.21. The zero-order chi connectivity index (χ0) is 12.1. The first-order valence-electron chi connectivity index (χ1n) is 5.58. The van der Waals surface area contributed by atoms with Gasteiger partial charge in [0.25, 0.3) is 0 Å². The number of nitrogens with one attached hydrogen (secondary N) is 1. The van der Waals surface area contributed by atoms with Gasteiger partial charge >= 0.3 is 0 Å². The summed E-state index contributed by atoms with van der Waals surface area (Å²) in [7, 11) is 1.63. The van der Waals surface area contributed by atoms with Crippen LogP contribution >= 0.6 is 0 Å². The number of aromatic nitrogens is 1. The lowest BCUT2D eigenvalue weighted by Crippen LogP contribution is -2.03. The second-order valence-electron chi connectivity index (χ2n) is 3.84. The Labute approximate surface area is 101 Å². The van der Waals surface area contributed by atoms with Crippen LogP contribution in [-0.4, -0.2) is 12.1 Å². The highest BCUT2D eigenvalue weighted by Gasteiger charge is 2.03. The van der Waals surface area contributed by atoms with Gasteiger partial charge in [0.15, 0.2) is 0 Å². The first-order chi connectivity index (χ1) is 8.31. The highest BCUT2D eigenvalue weighted by atomic mass is 16.5. The van der Waals surface area contributed by atoms with Crippen LogP contribution in [0.5, 0.6) is 5.88 Å². The lowest BCUT2D eigenvalue weighted by atomic mass is 10.1. The van der Waals surface area contributed by atoms with Crippen molar-refractivity contribution in [2.24, 2.45) is 0 Å². The van der Waals surface area contributed by atoms with Crippen LogP contribution in [0.15, 0.2) is 42.6 Å². The number of nitrogens with zero attached hydrogens (tertiary/aromatic N) is 1. The van der Waals surface area contributed by atoms with Crippen LogP contribution in [0.1, 0.15) is 11.1 Å². The Bertz CT molecular complexity index is 497. The van der Waals surface area contributed by atoms with Crippen molar-refractivity contribution in [1.82, 2.24) is 4.98 Å². The molecule has 0 amide bonds. The van der Waals surface area contributed by atoms with Crippen molar-refractivity contribution < 1.29 is 4.74 Å². The molecule has 1 N–H and O–H groups in total. The zero-order valence-electron chi connectivity index (χ0n) is 10.1. The van der Waals surface area contributed by atoms with Gasteiger partial charge in [-0.1, -0.05) is 24.3 Å². The minimum absolute atomic E-state index is 0.626. The fourth-order valence-electron chi connectivity index (χ4n) is 1.69. The zero-order valence-corrected chi connectivity index (χ0v) is 10.1. The molecule has 0 aliphatic heterocycles. The fraction of sp³-hybridized carbons (Fsp3) is 0.214. The molecule has 0 bridgehead atoms. The first-order valence-corrected chi connectivity index (χ1v) is 5.58. The van der Waals surface area contributed by atoms with Crippen LogP contribution < -0.4 is 10.1 Å².